The Morgan fingerprint density at radius 2 is 1.63 bits per heavy atom. The predicted octanol–water partition coefficient (Wildman–Crippen LogP) is 4.51. The number of aromatic nitrogens is 6. The van der Waals surface area contributed by atoms with Gasteiger partial charge in [0.2, 0.25) is 0 Å². The van der Waals surface area contributed by atoms with Gasteiger partial charge in [-0.1, -0.05) is 47.7 Å². The number of nitrogens with one attached hydrogen (secondary N) is 1. The van der Waals surface area contributed by atoms with E-state index in [1.54, 1.807) is 0 Å². The normalized spacial score (nSPS) is 10.7. The Hall–Kier alpha value is -4.00. The molecule has 5 rings (SSSR count). The number of benzene rings is 3. The molecule has 0 radical (unpaired) electrons. The molecule has 5 aromatic rings. The van der Waals surface area contributed by atoms with Gasteiger partial charge in [-0.15, -0.1) is 20.1 Å². The molecule has 7 nitrogen and oxygen atoms in total. The van der Waals surface area contributed by atoms with Crippen LogP contribution in [0.15, 0.2) is 72.8 Å². The van der Waals surface area contributed by atoms with Gasteiger partial charge >= 0.3 is 0 Å². The number of hydrogen-bond donors (Lipinski definition) is 2. The van der Waals surface area contributed by atoms with E-state index in [4.69, 9.17) is 0 Å². The standard InChI is InChI=1S/C17H17N3O.C6H5N3/c1-11(2)8-13-9-12(3)10-16(17(13)21)20-18-14-6-4-5-7-15(14)19-20;1-2-4-6-5(3-1)7-9-8-6/h4-7,9-10,21H,1,8H2,2-3H3;1-4H,(H,7,8,9). The van der Waals surface area contributed by atoms with Crippen LogP contribution in [0, 0.1) is 6.92 Å². The number of para-hydroxylation sites is 1. The van der Waals surface area contributed by atoms with E-state index in [2.05, 4.69) is 32.2 Å². The molecule has 0 aliphatic heterocycles. The van der Waals surface area contributed by atoms with Crippen LogP contribution in [-0.4, -0.2) is 35.5 Å². The monoisotopic (exact) mass is 398 g/mol. The summed E-state index contributed by atoms with van der Waals surface area (Å²) in [6, 6.07) is 19.2. The number of H-pyrrole nitrogens is 1. The van der Waals surface area contributed by atoms with Gasteiger partial charge in [0.1, 0.15) is 28.0 Å². The number of phenolic OH excluding ortho intramolecular Hbond substituents is 1. The minimum Gasteiger partial charge on any atom is -0.505 e. The molecule has 2 N–H and O–H groups in total. The highest BCUT2D eigenvalue weighted by molar-refractivity contribution is 5.74. The molecule has 7 heteroatoms. The minimum absolute atomic E-state index is 0.212. The lowest BCUT2D eigenvalue weighted by Crippen LogP contribution is -2.02. The first-order valence-corrected chi connectivity index (χ1v) is 9.56. The molecule has 150 valence electrons. The quantitative estimate of drug-likeness (QED) is 0.436. The van der Waals surface area contributed by atoms with Crippen LogP contribution in [0.5, 0.6) is 5.75 Å². The molecule has 0 saturated heterocycles. The van der Waals surface area contributed by atoms with Crippen molar-refractivity contribution in [1.82, 2.24) is 30.4 Å². The SMILES string of the molecule is C=C(C)Cc1cc(C)cc(-n2nc3ccccc3n2)c1O.c1ccc2[nH]nnc2c1. The van der Waals surface area contributed by atoms with Crippen molar-refractivity contribution < 1.29 is 5.11 Å². The zero-order valence-electron chi connectivity index (χ0n) is 16.9. The van der Waals surface area contributed by atoms with Gasteiger partial charge in [0.15, 0.2) is 0 Å². The number of allylic oxidation sites excluding steroid dienone is 1. The highest BCUT2D eigenvalue weighted by Gasteiger charge is 2.13. The van der Waals surface area contributed by atoms with E-state index in [9.17, 15) is 5.11 Å². The Balaban J connectivity index is 0.000000200. The highest BCUT2D eigenvalue weighted by Crippen LogP contribution is 2.29. The average molecular weight is 398 g/mol. The van der Waals surface area contributed by atoms with Crippen molar-refractivity contribution in [2.45, 2.75) is 20.3 Å². The maximum Gasteiger partial charge on any atom is 0.146 e. The van der Waals surface area contributed by atoms with E-state index in [0.29, 0.717) is 12.1 Å². The van der Waals surface area contributed by atoms with E-state index >= 15 is 0 Å². The molecule has 2 heterocycles. The summed E-state index contributed by atoms with van der Waals surface area (Å²) in [5, 5.41) is 29.6. The lowest BCUT2D eigenvalue weighted by Gasteiger charge is -2.10. The van der Waals surface area contributed by atoms with Gasteiger partial charge in [0, 0.05) is 5.56 Å². The van der Waals surface area contributed by atoms with Crippen molar-refractivity contribution in [2.24, 2.45) is 0 Å². The van der Waals surface area contributed by atoms with Crippen LogP contribution in [-0.2, 0) is 6.42 Å². The molecule has 0 fully saturated rings. The second-order valence-electron chi connectivity index (χ2n) is 7.23. The average Bonchev–Trinajstić information content (AvgIpc) is 3.37. The Morgan fingerprint density at radius 3 is 2.27 bits per heavy atom. The third-order valence-corrected chi connectivity index (χ3v) is 4.54. The Morgan fingerprint density at radius 1 is 1.00 bits per heavy atom. The minimum atomic E-state index is 0.212. The second kappa shape index (κ2) is 8.16. The molecular formula is C23H22N6O. The maximum absolute atomic E-state index is 10.5. The molecule has 3 aromatic carbocycles. The van der Waals surface area contributed by atoms with Gasteiger partial charge in [0.25, 0.3) is 0 Å². The molecule has 0 unspecified atom stereocenters. The zero-order valence-corrected chi connectivity index (χ0v) is 16.9. The first-order valence-electron chi connectivity index (χ1n) is 9.56. The van der Waals surface area contributed by atoms with Gasteiger partial charge in [-0.05, 0) is 56.2 Å². The number of fused-ring (bicyclic) bond motifs is 2. The Labute approximate surface area is 173 Å². The fourth-order valence-electron chi connectivity index (χ4n) is 3.20. The van der Waals surface area contributed by atoms with Gasteiger partial charge in [0.05, 0.1) is 5.52 Å². The Kier molecular flexibility index (Phi) is 5.26. The van der Waals surface area contributed by atoms with Crippen molar-refractivity contribution in [1.29, 1.82) is 0 Å². The molecule has 0 atom stereocenters. The van der Waals surface area contributed by atoms with Crippen LogP contribution >= 0.6 is 0 Å². The van der Waals surface area contributed by atoms with Crippen LogP contribution in [0.4, 0.5) is 0 Å². The van der Waals surface area contributed by atoms with Crippen molar-refractivity contribution in [3.63, 3.8) is 0 Å². The van der Waals surface area contributed by atoms with Crippen molar-refractivity contribution >= 4 is 22.1 Å². The summed E-state index contributed by atoms with van der Waals surface area (Å²) >= 11 is 0. The lowest BCUT2D eigenvalue weighted by atomic mass is 10.0. The lowest BCUT2D eigenvalue weighted by molar-refractivity contribution is 0.461. The van der Waals surface area contributed by atoms with Crippen molar-refractivity contribution in [3.8, 4) is 11.4 Å². The van der Waals surface area contributed by atoms with Crippen LogP contribution in [0.2, 0.25) is 0 Å². The predicted molar refractivity (Wildman–Crippen MR) is 118 cm³/mol. The fraction of sp³-hybridized carbons (Fsp3) is 0.130. The van der Waals surface area contributed by atoms with E-state index in [1.165, 1.54) is 4.80 Å². The number of phenols is 1. The summed E-state index contributed by atoms with van der Waals surface area (Å²) in [6.07, 6.45) is 0.640. The summed E-state index contributed by atoms with van der Waals surface area (Å²) in [7, 11) is 0. The zero-order chi connectivity index (χ0) is 21.1. The van der Waals surface area contributed by atoms with E-state index in [0.717, 1.165) is 38.8 Å². The van der Waals surface area contributed by atoms with Gasteiger partial charge in [-0.25, -0.2) is 0 Å². The van der Waals surface area contributed by atoms with E-state index in [1.807, 2.05) is 74.5 Å². The largest absolute Gasteiger partial charge is 0.505 e. The topological polar surface area (TPSA) is 92.5 Å². The molecule has 30 heavy (non-hydrogen) atoms. The number of aryl methyl sites for hydroxylation is 1. The molecule has 0 bridgehead atoms. The first kappa shape index (κ1) is 19.3. The molecule has 0 saturated carbocycles. The highest BCUT2D eigenvalue weighted by atomic mass is 16.3. The van der Waals surface area contributed by atoms with E-state index < -0.39 is 0 Å². The molecule has 2 aromatic heterocycles. The van der Waals surface area contributed by atoms with Gasteiger partial charge < -0.3 is 5.11 Å². The summed E-state index contributed by atoms with van der Waals surface area (Å²) in [5.41, 5.74) is 7.01. The maximum atomic E-state index is 10.5. The number of nitrogens with zero attached hydrogens (tertiary/aromatic N) is 5. The molecule has 0 amide bonds. The third kappa shape index (κ3) is 4.05. The molecular weight excluding hydrogens is 376 g/mol. The molecule has 0 spiro atoms. The third-order valence-electron chi connectivity index (χ3n) is 4.54. The van der Waals surface area contributed by atoms with Crippen LogP contribution in [0.25, 0.3) is 27.8 Å². The Bertz CT molecular complexity index is 1270. The second-order valence-corrected chi connectivity index (χ2v) is 7.23. The van der Waals surface area contributed by atoms with Crippen LogP contribution in [0.1, 0.15) is 18.1 Å². The summed E-state index contributed by atoms with van der Waals surface area (Å²) in [4.78, 5) is 1.49. The molecule has 0 aliphatic carbocycles. The van der Waals surface area contributed by atoms with Crippen LogP contribution < -0.4 is 0 Å². The molecule has 0 aliphatic rings. The van der Waals surface area contributed by atoms with E-state index in [-0.39, 0.29) is 5.75 Å². The van der Waals surface area contributed by atoms with Crippen molar-refractivity contribution in [3.05, 3.63) is 83.9 Å². The fourth-order valence-corrected chi connectivity index (χ4v) is 3.20. The summed E-state index contributed by atoms with van der Waals surface area (Å²) < 4.78 is 0. The first-order chi connectivity index (χ1) is 14.5. The smallest absolute Gasteiger partial charge is 0.146 e. The van der Waals surface area contributed by atoms with Crippen LogP contribution in [0.3, 0.4) is 0 Å². The number of aromatic hydroxyl groups is 1. The van der Waals surface area contributed by atoms with Gasteiger partial charge in [-0.2, -0.15) is 0 Å². The summed E-state index contributed by atoms with van der Waals surface area (Å²) in [6.45, 7) is 7.85. The van der Waals surface area contributed by atoms with Crippen molar-refractivity contribution in [2.75, 3.05) is 0 Å². The summed E-state index contributed by atoms with van der Waals surface area (Å²) in [5.74, 6) is 0.212. The number of aromatic amines is 1. The number of hydrogen-bond acceptors (Lipinski definition) is 5. The number of rotatable bonds is 3. The van der Waals surface area contributed by atoms with Gasteiger partial charge in [-0.3, -0.25) is 5.10 Å².